The number of anilines is 2. The summed E-state index contributed by atoms with van der Waals surface area (Å²) in [6.07, 6.45) is 2.79. The Labute approximate surface area is 240 Å². The number of amides is 2. The number of aryl methyl sites for hydroxylation is 1. The number of hydrogen-bond acceptors (Lipinski definition) is 4. The first kappa shape index (κ1) is 27.6. The smallest absolute Gasteiger partial charge is 0.310 e. The van der Waals surface area contributed by atoms with Gasteiger partial charge in [0, 0.05) is 28.9 Å². The lowest BCUT2D eigenvalue weighted by atomic mass is 9.98. The molecule has 0 spiro atoms. The highest BCUT2D eigenvalue weighted by Crippen LogP contribution is 2.34. The van der Waals surface area contributed by atoms with Crippen molar-refractivity contribution >= 4 is 34.7 Å². The second-order valence-corrected chi connectivity index (χ2v) is 9.92. The number of ether oxygens (including phenoxy) is 1. The second-order valence-electron chi connectivity index (χ2n) is 9.92. The van der Waals surface area contributed by atoms with Crippen LogP contribution in [0.4, 0.5) is 11.4 Å². The van der Waals surface area contributed by atoms with Gasteiger partial charge in [0.2, 0.25) is 0 Å². The molecule has 0 atom stereocenters. The van der Waals surface area contributed by atoms with E-state index < -0.39 is 0 Å². The van der Waals surface area contributed by atoms with Crippen LogP contribution < -0.4 is 10.2 Å². The van der Waals surface area contributed by atoms with Crippen LogP contribution in [-0.2, 0) is 9.53 Å². The van der Waals surface area contributed by atoms with Crippen LogP contribution in [0.2, 0.25) is 0 Å². The monoisotopic (exact) mass is 544 g/mol. The van der Waals surface area contributed by atoms with Gasteiger partial charge in [-0.15, -0.1) is 0 Å². The molecule has 0 radical (unpaired) electrons. The number of carbonyl (C=O) groups is 3. The van der Waals surface area contributed by atoms with Crippen LogP contribution in [0.1, 0.15) is 51.6 Å². The lowest BCUT2D eigenvalue weighted by Crippen LogP contribution is -2.31. The second kappa shape index (κ2) is 12.5. The number of fused-ring (bicyclic) bond motifs is 1. The summed E-state index contributed by atoms with van der Waals surface area (Å²) in [4.78, 5) is 40.8. The quantitative estimate of drug-likeness (QED) is 0.248. The Hall–Kier alpha value is -4.97. The molecule has 1 aliphatic rings. The summed E-state index contributed by atoms with van der Waals surface area (Å²) in [5.74, 6) is -0.653. The van der Waals surface area contributed by atoms with E-state index in [2.05, 4.69) is 5.32 Å². The van der Waals surface area contributed by atoms with Gasteiger partial charge in [-0.2, -0.15) is 0 Å². The van der Waals surface area contributed by atoms with Gasteiger partial charge in [-0.25, -0.2) is 0 Å². The number of carbonyl (C=O) groups excluding carboxylic acids is 3. The van der Waals surface area contributed by atoms with Crippen LogP contribution in [0.5, 0.6) is 0 Å². The molecule has 1 N–H and O–H groups in total. The maximum atomic E-state index is 13.7. The Bertz CT molecular complexity index is 1600. The number of rotatable bonds is 7. The van der Waals surface area contributed by atoms with Crippen LogP contribution in [0, 0.1) is 6.92 Å². The van der Waals surface area contributed by atoms with Crippen molar-refractivity contribution in [2.24, 2.45) is 0 Å². The number of hydrogen-bond donors (Lipinski definition) is 1. The first-order chi connectivity index (χ1) is 19.9. The van der Waals surface area contributed by atoms with Gasteiger partial charge in [-0.3, -0.25) is 14.4 Å². The van der Waals surface area contributed by atoms with Crippen molar-refractivity contribution in [1.82, 2.24) is 0 Å². The molecule has 2 amide bonds. The van der Waals surface area contributed by atoms with Crippen molar-refractivity contribution in [2.45, 2.75) is 26.7 Å². The lowest BCUT2D eigenvalue weighted by molar-refractivity contribution is -0.141. The largest absolute Gasteiger partial charge is 0.466 e. The third kappa shape index (κ3) is 6.28. The van der Waals surface area contributed by atoms with Gasteiger partial charge in [0.1, 0.15) is 0 Å². The van der Waals surface area contributed by atoms with Crippen LogP contribution >= 0.6 is 0 Å². The average molecular weight is 545 g/mol. The maximum Gasteiger partial charge on any atom is 0.310 e. The highest BCUT2D eigenvalue weighted by molar-refractivity contribution is 6.10. The van der Waals surface area contributed by atoms with E-state index in [4.69, 9.17) is 4.74 Å². The van der Waals surface area contributed by atoms with E-state index in [1.165, 1.54) is 0 Å². The van der Waals surface area contributed by atoms with Gasteiger partial charge in [0.05, 0.1) is 18.7 Å². The van der Waals surface area contributed by atoms with E-state index in [0.29, 0.717) is 36.4 Å². The van der Waals surface area contributed by atoms with Crippen LogP contribution in [0.15, 0.2) is 103 Å². The highest BCUT2D eigenvalue weighted by Gasteiger charge is 2.24. The van der Waals surface area contributed by atoms with E-state index in [-0.39, 0.29) is 24.2 Å². The summed E-state index contributed by atoms with van der Waals surface area (Å²) in [6.45, 7) is 4.63. The van der Waals surface area contributed by atoms with E-state index in [1.54, 1.807) is 36.1 Å². The normalized spacial score (nSPS) is 12.5. The van der Waals surface area contributed by atoms with E-state index in [1.807, 2.05) is 85.8 Å². The minimum absolute atomic E-state index is 0.147. The van der Waals surface area contributed by atoms with Gasteiger partial charge in [-0.05, 0) is 73.4 Å². The molecule has 206 valence electrons. The molecule has 0 saturated heterocycles. The van der Waals surface area contributed by atoms with Crippen LogP contribution in [-0.4, -0.2) is 30.9 Å². The fourth-order valence-electron chi connectivity index (χ4n) is 5.04. The lowest BCUT2D eigenvalue weighted by Gasteiger charge is -2.24. The van der Waals surface area contributed by atoms with Crippen molar-refractivity contribution in [2.75, 3.05) is 23.4 Å². The molecule has 1 aliphatic heterocycles. The molecular formula is C35H32N2O4. The van der Waals surface area contributed by atoms with E-state index >= 15 is 0 Å². The molecule has 0 bridgehead atoms. The van der Waals surface area contributed by atoms with Crippen LogP contribution in [0.25, 0.3) is 16.7 Å². The molecule has 41 heavy (non-hydrogen) atoms. The van der Waals surface area contributed by atoms with Crippen molar-refractivity contribution < 1.29 is 19.1 Å². The van der Waals surface area contributed by atoms with Crippen LogP contribution in [0.3, 0.4) is 0 Å². The average Bonchev–Trinajstić information content (AvgIpc) is 3.17. The molecule has 4 aromatic carbocycles. The standard InChI is InChI=1S/C35H32N2O4/c1-3-41-33(38)23-27-9-8-22-37(32-13-7-6-11-30(27)32)35(40)26-18-20-28(21-19-26)36-34(39)31-12-5-4-10-29(31)25-16-14-24(2)15-17-25/h4-7,9-21H,3,8,22-23H2,1-2H3,(H,36,39). The molecule has 0 aromatic heterocycles. The Balaban J connectivity index is 1.33. The zero-order valence-corrected chi connectivity index (χ0v) is 23.2. The fraction of sp³-hybridized carbons (Fsp3) is 0.171. The third-order valence-electron chi connectivity index (χ3n) is 7.09. The minimum Gasteiger partial charge on any atom is -0.466 e. The summed E-state index contributed by atoms with van der Waals surface area (Å²) in [5, 5.41) is 2.97. The summed E-state index contributed by atoms with van der Waals surface area (Å²) >= 11 is 0. The van der Waals surface area contributed by atoms with E-state index in [0.717, 1.165) is 33.5 Å². The number of benzene rings is 4. The molecule has 0 unspecified atom stereocenters. The fourth-order valence-corrected chi connectivity index (χ4v) is 5.04. The summed E-state index contributed by atoms with van der Waals surface area (Å²) in [5.41, 5.74) is 7.13. The molecule has 5 rings (SSSR count). The molecular weight excluding hydrogens is 512 g/mol. The Morgan fingerprint density at radius 2 is 1.51 bits per heavy atom. The summed E-state index contributed by atoms with van der Waals surface area (Å²) in [6, 6.07) is 30.2. The highest BCUT2D eigenvalue weighted by atomic mass is 16.5. The Morgan fingerprint density at radius 1 is 0.829 bits per heavy atom. The van der Waals surface area contributed by atoms with Gasteiger partial charge in [-0.1, -0.05) is 72.3 Å². The first-order valence-electron chi connectivity index (χ1n) is 13.8. The zero-order chi connectivity index (χ0) is 28.8. The molecule has 0 saturated carbocycles. The predicted molar refractivity (Wildman–Crippen MR) is 163 cm³/mol. The minimum atomic E-state index is -0.285. The molecule has 0 fully saturated rings. The third-order valence-corrected chi connectivity index (χ3v) is 7.09. The van der Waals surface area contributed by atoms with Crippen molar-refractivity contribution in [3.05, 3.63) is 125 Å². The number of nitrogens with zero attached hydrogens (tertiary/aromatic N) is 1. The van der Waals surface area contributed by atoms with Gasteiger partial charge >= 0.3 is 5.97 Å². The molecule has 6 nitrogen and oxygen atoms in total. The SMILES string of the molecule is CCOC(=O)CC1=CCCN(C(=O)c2ccc(NC(=O)c3ccccc3-c3ccc(C)cc3)cc2)c2ccccc21. The van der Waals surface area contributed by atoms with Crippen molar-refractivity contribution in [3.8, 4) is 11.1 Å². The number of nitrogens with one attached hydrogen (secondary N) is 1. The maximum absolute atomic E-state index is 13.7. The predicted octanol–water partition coefficient (Wildman–Crippen LogP) is 7.30. The topological polar surface area (TPSA) is 75.7 Å². The number of para-hydroxylation sites is 1. The Morgan fingerprint density at radius 3 is 2.24 bits per heavy atom. The van der Waals surface area contributed by atoms with Crippen molar-refractivity contribution in [3.63, 3.8) is 0 Å². The zero-order valence-electron chi connectivity index (χ0n) is 23.2. The molecule has 1 heterocycles. The summed E-state index contributed by atoms with van der Waals surface area (Å²) in [7, 11) is 0. The van der Waals surface area contributed by atoms with Gasteiger partial charge in [0.15, 0.2) is 0 Å². The van der Waals surface area contributed by atoms with E-state index in [9.17, 15) is 14.4 Å². The molecule has 0 aliphatic carbocycles. The molecule has 6 heteroatoms. The Kier molecular flexibility index (Phi) is 8.39. The van der Waals surface area contributed by atoms with Gasteiger partial charge in [0.25, 0.3) is 11.8 Å². The molecule has 4 aromatic rings. The first-order valence-corrected chi connectivity index (χ1v) is 13.8. The number of esters is 1. The summed E-state index contributed by atoms with van der Waals surface area (Å²) < 4.78 is 5.15. The van der Waals surface area contributed by atoms with Gasteiger partial charge < -0.3 is 15.0 Å². The van der Waals surface area contributed by atoms with Crippen molar-refractivity contribution in [1.29, 1.82) is 0 Å².